The molecule has 0 aliphatic carbocycles. The van der Waals surface area contributed by atoms with Crippen LogP contribution in [0.1, 0.15) is 38.1 Å². The van der Waals surface area contributed by atoms with Crippen LogP contribution in [0.25, 0.3) is 0 Å². The van der Waals surface area contributed by atoms with E-state index in [0.29, 0.717) is 6.54 Å². The minimum atomic E-state index is -0.798. The van der Waals surface area contributed by atoms with Gasteiger partial charge >= 0.3 is 18.0 Å². The summed E-state index contributed by atoms with van der Waals surface area (Å²) in [5.74, 6) is -1.32. The molecular formula is C18H26N4O5. The monoisotopic (exact) mass is 378 g/mol. The van der Waals surface area contributed by atoms with Gasteiger partial charge in [0.1, 0.15) is 0 Å². The number of hydrogen-bond donors (Lipinski definition) is 4. The lowest BCUT2D eigenvalue weighted by Gasteiger charge is -2.13. The smallest absolute Gasteiger partial charge is 0.340 e. The molecule has 0 aliphatic rings. The van der Waals surface area contributed by atoms with Crippen LogP contribution in [-0.4, -0.2) is 43.1 Å². The molecule has 1 aromatic rings. The van der Waals surface area contributed by atoms with Gasteiger partial charge in [-0.1, -0.05) is 26.0 Å². The third kappa shape index (κ3) is 8.70. The maximum absolute atomic E-state index is 12.2. The molecule has 0 spiro atoms. The molecular weight excluding hydrogens is 352 g/mol. The Morgan fingerprint density at radius 1 is 1.00 bits per heavy atom. The molecule has 5 amide bonds. The Morgan fingerprint density at radius 3 is 2.30 bits per heavy atom. The van der Waals surface area contributed by atoms with Crippen LogP contribution in [0.3, 0.4) is 0 Å². The van der Waals surface area contributed by atoms with E-state index in [2.05, 4.69) is 21.3 Å². The van der Waals surface area contributed by atoms with Gasteiger partial charge in [-0.25, -0.2) is 14.4 Å². The van der Waals surface area contributed by atoms with Crippen molar-refractivity contribution in [2.24, 2.45) is 5.92 Å². The SMILES string of the molecule is CC(C)CNC(=O)NC(=O)COC(=O)c1ccccc1NC(=O)NC(C)C. The fourth-order valence-electron chi connectivity index (χ4n) is 1.90. The summed E-state index contributed by atoms with van der Waals surface area (Å²) in [7, 11) is 0. The number of carbonyl (C=O) groups excluding carboxylic acids is 4. The molecule has 0 fully saturated rings. The van der Waals surface area contributed by atoms with Crippen molar-refractivity contribution in [2.75, 3.05) is 18.5 Å². The molecule has 0 unspecified atom stereocenters. The molecule has 4 N–H and O–H groups in total. The quantitative estimate of drug-likeness (QED) is 0.539. The fourth-order valence-corrected chi connectivity index (χ4v) is 1.90. The number of urea groups is 2. The average Bonchev–Trinajstić information content (AvgIpc) is 2.57. The number of imide groups is 1. The third-order valence-corrected chi connectivity index (χ3v) is 3.07. The fraction of sp³-hybridized carbons (Fsp3) is 0.444. The Balaban J connectivity index is 2.58. The Bertz CT molecular complexity index is 688. The van der Waals surface area contributed by atoms with Crippen molar-refractivity contribution < 1.29 is 23.9 Å². The highest BCUT2D eigenvalue weighted by molar-refractivity contribution is 6.02. The van der Waals surface area contributed by atoms with Crippen LogP contribution >= 0.6 is 0 Å². The zero-order valence-corrected chi connectivity index (χ0v) is 15.9. The van der Waals surface area contributed by atoms with Crippen molar-refractivity contribution in [3.8, 4) is 0 Å². The number of ether oxygens (including phenoxy) is 1. The molecule has 0 radical (unpaired) electrons. The molecule has 148 valence electrons. The Morgan fingerprint density at radius 2 is 1.67 bits per heavy atom. The molecule has 0 heterocycles. The highest BCUT2D eigenvalue weighted by Crippen LogP contribution is 2.16. The van der Waals surface area contributed by atoms with E-state index < -0.39 is 30.5 Å². The first-order valence-corrected chi connectivity index (χ1v) is 8.60. The summed E-state index contributed by atoms with van der Waals surface area (Å²) >= 11 is 0. The summed E-state index contributed by atoms with van der Waals surface area (Å²) in [6, 6.07) is 5.04. The largest absolute Gasteiger partial charge is 0.452 e. The van der Waals surface area contributed by atoms with E-state index in [4.69, 9.17) is 4.74 Å². The molecule has 1 aromatic carbocycles. The summed E-state index contributed by atoms with van der Waals surface area (Å²) in [5.41, 5.74) is 0.337. The minimum absolute atomic E-state index is 0.0744. The number of amides is 5. The summed E-state index contributed by atoms with van der Waals surface area (Å²) < 4.78 is 4.92. The zero-order chi connectivity index (χ0) is 20.4. The first-order valence-electron chi connectivity index (χ1n) is 8.60. The summed E-state index contributed by atoms with van der Waals surface area (Å²) in [5, 5.41) is 9.77. The first kappa shape index (κ1) is 21.9. The minimum Gasteiger partial charge on any atom is -0.452 e. The van der Waals surface area contributed by atoms with Crippen LogP contribution in [0.2, 0.25) is 0 Å². The highest BCUT2D eigenvalue weighted by Gasteiger charge is 2.17. The van der Waals surface area contributed by atoms with Gasteiger partial charge in [0.25, 0.3) is 5.91 Å². The van der Waals surface area contributed by atoms with Crippen LogP contribution in [0.4, 0.5) is 15.3 Å². The van der Waals surface area contributed by atoms with E-state index in [-0.39, 0.29) is 23.2 Å². The van der Waals surface area contributed by atoms with Crippen molar-refractivity contribution in [3.05, 3.63) is 29.8 Å². The summed E-state index contributed by atoms with van der Waals surface area (Å²) in [6.07, 6.45) is 0. The normalized spacial score (nSPS) is 10.3. The molecule has 0 atom stereocenters. The lowest BCUT2D eigenvalue weighted by molar-refractivity contribution is -0.123. The molecule has 9 nitrogen and oxygen atoms in total. The number of para-hydroxylation sites is 1. The van der Waals surface area contributed by atoms with Gasteiger partial charge in [0, 0.05) is 12.6 Å². The van der Waals surface area contributed by atoms with Crippen LogP contribution in [-0.2, 0) is 9.53 Å². The summed E-state index contributed by atoms with van der Waals surface area (Å²) in [6.45, 7) is 7.22. The van der Waals surface area contributed by atoms with Crippen molar-refractivity contribution in [2.45, 2.75) is 33.7 Å². The Kier molecular flexibility index (Phi) is 8.77. The maximum Gasteiger partial charge on any atom is 0.340 e. The number of rotatable bonds is 7. The van der Waals surface area contributed by atoms with Crippen molar-refractivity contribution >= 4 is 29.6 Å². The second-order valence-electron chi connectivity index (χ2n) is 6.53. The van der Waals surface area contributed by atoms with Crippen LogP contribution in [0.5, 0.6) is 0 Å². The number of nitrogens with one attached hydrogen (secondary N) is 4. The van der Waals surface area contributed by atoms with Gasteiger partial charge in [0.05, 0.1) is 11.3 Å². The van der Waals surface area contributed by atoms with Crippen LogP contribution in [0, 0.1) is 5.92 Å². The number of anilines is 1. The van der Waals surface area contributed by atoms with Gasteiger partial charge < -0.3 is 20.7 Å². The van der Waals surface area contributed by atoms with Crippen molar-refractivity contribution in [3.63, 3.8) is 0 Å². The molecule has 0 aromatic heterocycles. The molecule has 0 aliphatic heterocycles. The van der Waals surface area contributed by atoms with Gasteiger partial charge in [-0.2, -0.15) is 0 Å². The second kappa shape index (κ2) is 10.8. The highest BCUT2D eigenvalue weighted by atomic mass is 16.5. The van der Waals surface area contributed by atoms with Crippen molar-refractivity contribution in [1.82, 2.24) is 16.0 Å². The van der Waals surface area contributed by atoms with Gasteiger partial charge in [0.2, 0.25) is 0 Å². The predicted molar refractivity (Wildman–Crippen MR) is 100 cm³/mol. The second-order valence-corrected chi connectivity index (χ2v) is 6.53. The third-order valence-electron chi connectivity index (χ3n) is 3.07. The molecule has 1 rings (SSSR count). The average molecular weight is 378 g/mol. The molecule has 0 saturated carbocycles. The maximum atomic E-state index is 12.2. The lowest BCUT2D eigenvalue weighted by atomic mass is 10.2. The number of hydrogen-bond acceptors (Lipinski definition) is 5. The number of benzene rings is 1. The topological polar surface area (TPSA) is 126 Å². The standard InChI is InChI=1S/C18H26N4O5/c1-11(2)9-19-17(25)22-15(23)10-27-16(24)13-7-5-6-8-14(13)21-18(26)20-12(3)4/h5-8,11-12H,9-10H2,1-4H3,(H2,20,21,26)(H2,19,22,23,25). The Hall–Kier alpha value is -3.10. The van der Waals surface area contributed by atoms with Crippen molar-refractivity contribution in [1.29, 1.82) is 0 Å². The van der Waals surface area contributed by atoms with E-state index in [1.165, 1.54) is 12.1 Å². The van der Waals surface area contributed by atoms with Crippen LogP contribution in [0.15, 0.2) is 24.3 Å². The Labute approximate surface area is 158 Å². The van der Waals surface area contributed by atoms with E-state index >= 15 is 0 Å². The molecule has 0 bridgehead atoms. The van der Waals surface area contributed by atoms with Gasteiger partial charge in [-0.3, -0.25) is 10.1 Å². The predicted octanol–water partition coefficient (Wildman–Crippen LogP) is 1.86. The van der Waals surface area contributed by atoms with Gasteiger partial charge in [-0.05, 0) is 31.9 Å². The van der Waals surface area contributed by atoms with Gasteiger partial charge in [-0.15, -0.1) is 0 Å². The van der Waals surface area contributed by atoms with Crippen LogP contribution < -0.4 is 21.3 Å². The van der Waals surface area contributed by atoms with Gasteiger partial charge in [0.15, 0.2) is 6.61 Å². The molecule has 27 heavy (non-hydrogen) atoms. The molecule has 0 saturated heterocycles. The van der Waals surface area contributed by atoms with E-state index in [1.54, 1.807) is 26.0 Å². The molecule has 9 heteroatoms. The van der Waals surface area contributed by atoms with E-state index in [9.17, 15) is 19.2 Å². The van der Waals surface area contributed by atoms with E-state index in [0.717, 1.165) is 0 Å². The first-order chi connectivity index (χ1) is 12.7. The number of carbonyl (C=O) groups is 4. The summed E-state index contributed by atoms with van der Waals surface area (Å²) in [4.78, 5) is 47.2. The zero-order valence-electron chi connectivity index (χ0n) is 15.9. The van der Waals surface area contributed by atoms with E-state index in [1.807, 2.05) is 13.8 Å². The lowest BCUT2D eigenvalue weighted by Crippen LogP contribution is -2.42. The number of esters is 1.